The van der Waals surface area contributed by atoms with Gasteiger partial charge in [-0.15, -0.1) is 0 Å². The predicted octanol–water partition coefficient (Wildman–Crippen LogP) is 4.80. The molecular formula is C17H26BrN. The van der Waals surface area contributed by atoms with Gasteiger partial charge in [0.05, 0.1) is 0 Å². The first kappa shape index (κ1) is 15.1. The molecule has 1 saturated carbocycles. The Labute approximate surface area is 126 Å². The lowest BCUT2D eigenvalue weighted by molar-refractivity contribution is 0.317. The fourth-order valence-electron chi connectivity index (χ4n) is 3.03. The Bertz CT molecular complexity index is 408. The number of hydrogen-bond acceptors (Lipinski definition) is 1. The normalized spacial score (nSPS) is 23.8. The number of nitrogens with one attached hydrogen (secondary N) is 1. The number of benzene rings is 1. The number of hydrogen-bond donors (Lipinski definition) is 1. The Hall–Kier alpha value is -0.340. The van der Waals surface area contributed by atoms with Crippen molar-refractivity contribution in [2.45, 2.75) is 52.0 Å². The fourth-order valence-corrected chi connectivity index (χ4v) is 3.48. The molecule has 0 saturated heterocycles. The van der Waals surface area contributed by atoms with Crippen molar-refractivity contribution in [1.82, 2.24) is 5.32 Å². The van der Waals surface area contributed by atoms with E-state index in [1.807, 2.05) is 0 Å². The van der Waals surface area contributed by atoms with E-state index in [4.69, 9.17) is 0 Å². The van der Waals surface area contributed by atoms with Crippen LogP contribution in [0.3, 0.4) is 0 Å². The first-order valence-electron chi connectivity index (χ1n) is 7.44. The zero-order valence-electron chi connectivity index (χ0n) is 12.4. The zero-order chi connectivity index (χ0) is 13.9. The van der Waals surface area contributed by atoms with Crippen molar-refractivity contribution in [2.24, 2.45) is 11.8 Å². The second-order valence-electron chi connectivity index (χ2n) is 6.88. The summed E-state index contributed by atoms with van der Waals surface area (Å²) in [5.41, 5.74) is 1.70. The molecule has 1 aliphatic carbocycles. The molecule has 2 rings (SSSR count). The molecule has 1 nitrogen and oxygen atoms in total. The monoisotopic (exact) mass is 323 g/mol. The number of halogens is 1. The molecule has 0 aromatic heterocycles. The van der Waals surface area contributed by atoms with Crippen LogP contribution in [0.2, 0.25) is 0 Å². The summed E-state index contributed by atoms with van der Waals surface area (Å²) in [5.74, 6) is 1.68. The van der Waals surface area contributed by atoms with Crippen molar-refractivity contribution >= 4 is 15.9 Å². The van der Waals surface area contributed by atoms with Crippen LogP contribution in [0.1, 0.15) is 45.6 Å². The van der Waals surface area contributed by atoms with Gasteiger partial charge < -0.3 is 5.32 Å². The number of rotatable bonds is 4. The van der Waals surface area contributed by atoms with Gasteiger partial charge >= 0.3 is 0 Å². The molecule has 0 radical (unpaired) electrons. The minimum atomic E-state index is 0.237. The Morgan fingerprint density at radius 1 is 1.16 bits per heavy atom. The molecule has 0 heterocycles. The van der Waals surface area contributed by atoms with Crippen molar-refractivity contribution in [3.05, 3.63) is 34.3 Å². The van der Waals surface area contributed by atoms with Gasteiger partial charge in [0.25, 0.3) is 0 Å². The summed E-state index contributed by atoms with van der Waals surface area (Å²) in [7, 11) is 0. The lowest BCUT2D eigenvalue weighted by atomic mass is 9.89. The second kappa shape index (κ2) is 6.41. The maximum absolute atomic E-state index is 3.68. The van der Waals surface area contributed by atoms with E-state index in [0.29, 0.717) is 0 Å². The van der Waals surface area contributed by atoms with E-state index >= 15 is 0 Å². The minimum Gasteiger partial charge on any atom is -0.312 e. The van der Waals surface area contributed by atoms with Gasteiger partial charge in [-0.3, -0.25) is 0 Å². The van der Waals surface area contributed by atoms with Crippen LogP contribution in [-0.2, 0) is 6.42 Å². The van der Waals surface area contributed by atoms with E-state index in [2.05, 4.69) is 66.3 Å². The summed E-state index contributed by atoms with van der Waals surface area (Å²) in [6.45, 7) is 7.93. The van der Waals surface area contributed by atoms with Crippen LogP contribution in [0, 0.1) is 11.8 Å². The SMILES string of the molecule is CC(C)(C)NCC1CCCC1Cc1ccccc1Br. The van der Waals surface area contributed by atoms with E-state index in [-0.39, 0.29) is 5.54 Å². The third kappa shape index (κ3) is 4.61. The van der Waals surface area contributed by atoms with Gasteiger partial charge in [-0.2, -0.15) is 0 Å². The highest BCUT2D eigenvalue weighted by Crippen LogP contribution is 2.35. The first-order chi connectivity index (χ1) is 8.96. The van der Waals surface area contributed by atoms with Crippen LogP contribution in [0.15, 0.2) is 28.7 Å². The van der Waals surface area contributed by atoms with E-state index in [9.17, 15) is 0 Å². The standard InChI is InChI=1S/C17H26BrN/c1-17(2,3)19-12-15-9-6-8-13(15)11-14-7-4-5-10-16(14)18/h4-5,7,10,13,15,19H,6,8-9,11-12H2,1-3H3. The van der Waals surface area contributed by atoms with Crippen molar-refractivity contribution in [2.75, 3.05) is 6.54 Å². The van der Waals surface area contributed by atoms with Crippen LogP contribution in [-0.4, -0.2) is 12.1 Å². The minimum absolute atomic E-state index is 0.237. The average Bonchev–Trinajstić information content (AvgIpc) is 2.76. The summed E-state index contributed by atoms with van der Waals surface area (Å²) in [6.07, 6.45) is 5.39. The molecule has 19 heavy (non-hydrogen) atoms. The first-order valence-corrected chi connectivity index (χ1v) is 8.23. The Kier molecular flexibility index (Phi) is 5.08. The molecule has 2 atom stereocenters. The molecule has 0 amide bonds. The van der Waals surface area contributed by atoms with Gasteiger partial charge in [0.2, 0.25) is 0 Å². The van der Waals surface area contributed by atoms with Crippen molar-refractivity contribution < 1.29 is 0 Å². The van der Waals surface area contributed by atoms with Crippen molar-refractivity contribution in [3.8, 4) is 0 Å². The summed E-state index contributed by atoms with van der Waals surface area (Å²) in [5, 5.41) is 3.68. The molecule has 1 N–H and O–H groups in total. The predicted molar refractivity (Wildman–Crippen MR) is 86.4 cm³/mol. The van der Waals surface area contributed by atoms with E-state index in [1.54, 1.807) is 0 Å². The molecule has 2 unspecified atom stereocenters. The van der Waals surface area contributed by atoms with Crippen LogP contribution < -0.4 is 5.32 Å². The summed E-state index contributed by atoms with van der Waals surface area (Å²) >= 11 is 3.68. The maximum Gasteiger partial charge on any atom is 0.0207 e. The molecule has 106 valence electrons. The van der Waals surface area contributed by atoms with Crippen molar-refractivity contribution in [3.63, 3.8) is 0 Å². The molecule has 1 aromatic carbocycles. The third-order valence-corrected chi connectivity index (χ3v) is 4.92. The largest absolute Gasteiger partial charge is 0.312 e. The lowest BCUT2D eigenvalue weighted by Gasteiger charge is -2.26. The van der Waals surface area contributed by atoms with E-state index < -0.39 is 0 Å². The summed E-state index contributed by atoms with van der Waals surface area (Å²) in [4.78, 5) is 0. The third-order valence-electron chi connectivity index (χ3n) is 4.15. The van der Waals surface area contributed by atoms with Crippen molar-refractivity contribution in [1.29, 1.82) is 0 Å². The van der Waals surface area contributed by atoms with E-state index in [1.165, 1.54) is 42.3 Å². The average molecular weight is 324 g/mol. The molecule has 1 aliphatic rings. The molecule has 0 bridgehead atoms. The van der Waals surface area contributed by atoms with Gasteiger partial charge in [-0.1, -0.05) is 40.5 Å². The molecular weight excluding hydrogens is 298 g/mol. The Balaban J connectivity index is 1.94. The molecule has 0 aliphatic heterocycles. The zero-order valence-corrected chi connectivity index (χ0v) is 14.0. The van der Waals surface area contributed by atoms with Crippen LogP contribution in [0.5, 0.6) is 0 Å². The van der Waals surface area contributed by atoms with Crippen LogP contribution in [0.4, 0.5) is 0 Å². The van der Waals surface area contributed by atoms with Gasteiger partial charge in [-0.05, 0) is 70.0 Å². The highest BCUT2D eigenvalue weighted by molar-refractivity contribution is 9.10. The smallest absolute Gasteiger partial charge is 0.0207 e. The Morgan fingerprint density at radius 2 is 1.84 bits per heavy atom. The summed E-state index contributed by atoms with van der Waals surface area (Å²) < 4.78 is 1.27. The lowest BCUT2D eigenvalue weighted by Crippen LogP contribution is -2.40. The van der Waals surface area contributed by atoms with Crippen LogP contribution >= 0.6 is 15.9 Å². The summed E-state index contributed by atoms with van der Waals surface area (Å²) in [6, 6.07) is 8.67. The van der Waals surface area contributed by atoms with Gasteiger partial charge in [0, 0.05) is 10.0 Å². The van der Waals surface area contributed by atoms with Crippen LogP contribution in [0.25, 0.3) is 0 Å². The quantitative estimate of drug-likeness (QED) is 0.839. The van der Waals surface area contributed by atoms with Gasteiger partial charge in [-0.25, -0.2) is 0 Å². The molecule has 2 heteroatoms. The highest BCUT2D eigenvalue weighted by atomic mass is 79.9. The second-order valence-corrected chi connectivity index (χ2v) is 7.73. The fraction of sp³-hybridized carbons (Fsp3) is 0.647. The van der Waals surface area contributed by atoms with Gasteiger partial charge in [0.15, 0.2) is 0 Å². The Morgan fingerprint density at radius 3 is 2.53 bits per heavy atom. The van der Waals surface area contributed by atoms with E-state index in [0.717, 1.165) is 11.8 Å². The topological polar surface area (TPSA) is 12.0 Å². The highest BCUT2D eigenvalue weighted by Gasteiger charge is 2.28. The molecule has 1 aromatic rings. The van der Waals surface area contributed by atoms with Gasteiger partial charge in [0.1, 0.15) is 0 Å². The maximum atomic E-state index is 3.68. The molecule has 0 spiro atoms. The molecule has 1 fully saturated rings.